The van der Waals surface area contributed by atoms with Crippen molar-refractivity contribution in [2.75, 3.05) is 0 Å². The van der Waals surface area contributed by atoms with Crippen molar-refractivity contribution in [1.82, 2.24) is 0 Å². The first kappa shape index (κ1) is 12.1. The van der Waals surface area contributed by atoms with Crippen LogP contribution in [0.4, 0.5) is 0 Å². The van der Waals surface area contributed by atoms with Gasteiger partial charge >= 0.3 is 0 Å². The van der Waals surface area contributed by atoms with Crippen molar-refractivity contribution in [2.24, 2.45) is 0 Å². The number of aliphatic hydroxyl groups is 1. The van der Waals surface area contributed by atoms with Gasteiger partial charge in [0, 0.05) is 4.90 Å². The highest BCUT2D eigenvalue weighted by molar-refractivity contribution is 8.04. The van der Waals surface area contributed by atoms with E-state index in [0.717, 1.165) is 4.90 Å². The maximum atomic E-state index is 11.2. The van der Waals surface area contributed by atoms with E-state index in [-0.39, 0.29) is 11.5 Å². The number of halogens is 1. The maximum Gasteiger partial charge on any atom is 0.169 e. The van der Waals surface area contributed by atoms with Gasteiger partial charge in [-0.3, -0.25) is 4.79 Å². The Balaban J connectivity index is 3.00. The van der Waals surface area contributed by atoms with Crippen molar-refractivity contribution < 1.29 is 9.90 Å². The molecule has 0 amide bonds. The largest absolute Gasteiger partial charge is 0.511 e. The molecule has 0 saturated carbocycles. The van der Waals surface area contributed by atoms with Crippen LogP contribution >= 0.6 is 23.4 Å². The van der Waals surface area contributed by atoms with E-state index in [4.69, 9.17) is 11.6 Å². The van der Waals surface area contributed by atoms with Crippen molar-refractivity contribution in [3.63, 3.8) is 0 Å². The molecular formula is C11H11ClO2S. The molecule has 0 radical (unpaired) electrons. The van der Waals surface area contributed by atoms with E-state index in [1.54, 1.807) is 12.1 Å². The minimum Gasteiger partial charge on any atom is -0.511 e. The molecule has 0 aliphatic carbocycles. The van der Waals surface area contributed by atoms with Crippen molar-refractivity contribution in [3.8, 4) is 0 Å². The number of carbonyl (C=O) groups excluding carboxylic acids is 1. The zero-order chi connectivity index (χ0) is 11.4. The summed E-state index contributed by atoms with van der Waals surface area (Å²) in [6.45, 7) is 2.90. The average molecular weight is 243 g/mol. The monoisotopic (exact) mass is 242 g/mol. The second-order valence-corrected chi connectivity index (χ2v) is 4.46. The van der Waals surface area contributed by atoms with Crippen LogP contribution in [0.3, 0.4) is 0 Å². The van der Waals surface area contributed by atoms with Crippen molar-refractivity contribution in [3.05, 3.63) is 40.0 Å². The van der Waals surface area contributed by atoms with E-state index in [1.165, 1.54) is 25.6 Å². The molecule has 0 saturated heterocycles. The molecule has 0 aromatic heterocycles. The number of benzene rings is 1. The Hall–Kier alpha value is -0.930. The Kier molecular flexibility index (Phi) is 4.24. The number of ketones is 1. The van der Waals surface area contributed by atoms with Gasteiger partial charge in [0.25, 0.3) is 0 Å². The zero-order valence-corrected chi connectivity index (χ0v) is 10.0. The number of aliphatic hydroxyl groups excluding tert-OH is 1. The van der Waals surface area contributed by atoms with Crippen LogP contribution in [0.25, 0.3) is 0 Å². The molecule has 1 aromatic rings. The third-order valence-electron chi connectivity index (χ3n) is 1.70. The molecule has 2 nitrogen and oxygen atoms in total. The molecule has 0 unspecified atom stereocenters. The first-order chi connectivity index (χ1) is 7.02. The lowest BCUT2D eigenvalue weighted by atomic mass is 10.3. The van der Waals surface area contributed by atoms with Crippen LogP contribution in [0, 0.1) is 0 Å². The molecule has 0 bridgehead atoms. The molecule has 1 rings (SSSR count). The first-order valence-corrected chi connectivity index (χ1v) is 5.55. The normalized spacial score (nSPS) is 12.2. The number of hydrogen-bond donors (Lipinski definition) is 1. The molecule has 0 heterocycles. The Morgan fingerprint density at radius 3 is 2.40 bits per heavy atom. The lowest BCUT2D eigenvalue weighted by molar-refractivity contribution is -0.113. The van der Waals surface area contributed by atoms with Gasteiger partial charge in [0.05, 0.1) is 9.93 Å². The number of allylic oxidation sites excluding steroid dienone is 2. The summed E-state index contributed by atoms with van der Waals surface area (Å²) in [6, 6.07) is 7.20. The number of thioether (sulfide) groups is 1. The van der Waals surface area contributed by atoms with Gasteiger partial charge in [0.1, 0.15) is 5.76 Å². The third-order valence-corrected chi connectivity index (χ3v) is 3.50. The summed E-state index contributed by atoms with van der Waals surface area (Å²) in [5.74, 6) is -0.146. The number of hydrogen-bond acceptors (Lipinski definition) is 3. The minimum atomic E-state index is -0.167. The van der Waals surface area contributed by atoms with Gasteiger partial charge in [-0.15, -0.1) is 0 Å². The molecule has 0 atom stereocenters. The van der Waals surface area contributed by atoms with Crippen LogP contribution in [0.2, 0.25) is 5.02 Å². The fourth-order valence-electron chi connectivity index (χ4n) is 1.04. The van der Waals surface area contributed by atoms with Crippen molar-refractivity contribution in [2.45, 2.75) is 18.7 Å². The van der Waals surface area contributed by atoms with E-state index in [0.29, 0.717) is 9.93 Å². The zero-order valence-electron chi connectivity index (χ0n) is 8.45. The van der Waals surface area contributed by atoms with Gasteiger partial charge in [0.2, 0.25) is 0 Å². The van der Waals surface area contributed by atoms with Crippen molar-refractivity contribution in [1.29, 1.82) is 0 Å². The number of carbonyl (C=O) groups is 1. The quantitative estimate of drug-likeness (QED) is 0.498. The predicted molar refractivity (Wildman–Crippen MR) is 63.3 cm³/mol. The van der Waals surface area contributed by atoms with E-state index >= 15 is 0 Å². The number of Topliss-reactive ketones (excluding diaryl/α,β-unsaturated/α-hetero) is 1. The second kappa shape index (κ2) is 5.24. The van der Waals surface area contributed by atoms with Crippen LogP contribution in [0.1, 0.15) is 13.8 Å². The Morgan fingerprint density at radius 1 is 1.33 bits per heavy atom. The summed E-state index contributed by atoms with van der Waals surface area (Å²) in [4.78, 5) is 12.3. The fourth-order valence-corrected chi connectivity index (χ4v) is 2.11. The lowest BCUT2D eigenvalue weighted by Gasteiger charge is -2.06. The Bertz CT molecular complexity index is 409. The highest BCUT2D eigenvalue weighted by Crippen LogP contribution is 2.33. The van der Waals surface area contributed by atoms with Crippen LogP contribution < -0.4 is 0 Å². The molecule has 0 fully saturated rings. The molecule has 0 aliphatic heterocycles. The summed E-state index contributed by atoms with van der Waals surface area (Å²) < 4.78 is 0. The Labute approximate surface area is 97.9 Å². The molecule has 80 valence electrons. The van der Waals surface area contributed by atoms with Crippen LogP contribution in [-0.2, 0) is 4.79 Å². The van der Waals surface area contributed by atoms with Gasteiger partial charge in [-0.1, -0.05) is 35.5 Å². The van der Waals surface area contributed by atoms with Gasteiger partial charge in [-0.25, -0.2) is 0 Å². The third kappa shape index (κ3) is 3.29. The highest BCUT2D eigenvalue weighted by atomic mass is 35.5. The highest BCUT2D eigenvalue weighted by Gasteiger charge is 2.11. The van der Waals surface area contributed by atoms with Gasteiger partial charge in [-0.05, 0) is 26.0 Å². The van der Waals surface area contributed by atoms with E-state index in [1.807, 2.05) is 12.1 Å². The topological polar surface area (TPSA) is 37.3 Å². The maximum absolute atomic E-state index is 11.2. The smallest absolute Gasteiger partial charge is 0.169 e. The first-order valence-electron chi connectivity index (χ1n) is 4.35. The van der Waals surface area contributed by atoms with Crippen molar-refractivity contribution >= 4 is 29.1 Å². The van der Waals surface area contributed by atoms with Crippen LogP contribution in [0.15, 0.2) is 39.8 Å². The van der Waals surface area contributed by atoms with E-state index in [2.05, 4.69) is 0 Å². The molecule has 0 aliphatic rings. The molecule has 1 aromatic carbocycles. The predicted octanol–water partition coefficient (Wildman–Crippen LogP) is 3.81. The Morgan fingerprint density at radius 2 is 1.93 bits per heavy atom. The molecule has 0 spiro atoms. The van der Waals surface area contributed by atoms with Gasteiger partial charge in [0.15, 0.2) is 5.78 Å². The molecule has 1 N–H and O–H groups in total. The SMILES string of the molecule is CC(=O)C(Sc1ccccc1Cl)=C(C)O. The summed E-state index contributed by atoms with van der Waals surface area (Å²) >= 11 is 7.12. The second-order valence-electron chi connectivity index (χ2n) is 3.00. The van der Waals surface area contributed by atoms with Gasteiger partial charge in [-0.2, -0.15) is 0 Å². The van der Waals surface area contributed by atoms with E-state index in [9.17, 15) is 9.90 Å². The standard InChI is InChI=1S/C11H11ClO2S/c1-7(13)11(8(2)14)15-10-6-4-3-5-9(10)12/h3-6,13H,1-2H3. The summed E-state index contributed by atoms with van der Waals surface area (Å²) in [5, 5.41) is 9.90. The van der Waals surface area contributed by atoms with Crippen LogP contribution in [-0.4, -0.2) is 10.9 Å². The number of rotatable bonds is 3. The summed E-state index contributed by atoms with van der Waals surface area (Å²) in [6.07, 6.45) is 0. The molecule has 4 heteroatoms. The summed E-state index contributed by atoms with van der Waals surface area (Å²) in [7, 11) is 0. The fraction of sp³-hybridized carbons (Fsp3) is 0.182. The lowest BCUT2D eigenvalue weighted by Crippen LogP contribution is -1.96. The van der Waals surface area contributed by atoms with E-state index < -0.39 is 0 Å². The summed E-state index contributed by atoms with van der Waals surface area (Å²) in [5.41, 5.74) is 0. The minimum absolute atomic E-state index is 0.0208. The average Bonchev–Trinajstić information content (AvgIpc) is 2.15. The molecular weight excluding hydrogens is 232 g/mol. The van der Waals surface area contributed by atoms with Crippen LogP contribution in [0.5, 0.6) is 0 Å². The molecule has 15 heavy (non-hydrogen) atoms. The van der Waals surface area contributed by atoms with Gasteiger partial charge < -0.3 is 5.11 Å².